The molecule has 1 aromatic heterocycles. The van der Waals surface area contributed by atoms with Crippen LogP contribution in [0.2, 0.25) is 0 Å². The maximum atomic E-state index is 12.4. The Labute approximate surface area is 136 Å². The molecular formula is C15H16F3N3OS. The summed E-state index contributed by atoms with van der Waals surface area (Å²) < 4.78 is 38.5. The second kappa shape index (κ2) is 7.54. The van der Waals surface area contributed by atoms with Gasteiger partial charge in [0.05, 0.1) is 12.1 Å². The molecule has 0 aliphatic rings. The number of nitrogens with one attached hydrogen (secondary N) is 1. The van der Waals surface area contributed by atoms with Gasteiger partial charge in [-0.3, -0.25) is 9.48 Å². The number of benzene rings is 1. The Balaban J connectivity index is 1.91. The second-order valence-electron chi connectivity index (χ2n) is 4.65. The minimum absolute atomic E-state index is 0.172. The fourth-order valence-corrected chi connectivity index (χ4v) is 2.75. The van der Waals surface area contributed by atoms with Crippen molar-refractivity contribution in [3.05, 3.63) is 47.8 Å². The van der Waals surface area contributed by atoms with Crippen LogP contribution in [0.3, 0.4) is 0 Å². The molecule has 0 aliphatic heterocycles. The van der Waals surface area contributed by atoms with Gasteiger partial charge >= 0.3 is 6.18 Å². The van der Waals surface area contributed by atoms with E-state index in [0.717, 1.165) is 21.4 Å². The van der Waals surface area contributed by atoms with E-state index < -0.39 is 11.9 Å². The molecule has 4 nitrogen and oxygen atoms in total. The van der Waals surface area contributed by atoms with Crippen LogP contribution < -0.4 is 5.32 Å². The number of carbonyl (C=O) groups excluding carboxylic acids is 1. The smallest absolute Gasteiger partial charge is 0.350 e. The molecule has 1 heterocycles. The lowest BCUT2D eigenvalue weighted by atomic mass is 10.2. The highest BCUT2D eigenvalue weighted by Crippen LogP contribution is 2.27. The SMILES string of the molecule is CCSc1ccccc1C(=O)NCCn1ccc(C(F)(F)F)n1. The number of hydrogen-bond acceptors (Lipinski definition) is 3. The summed E-state index contributed by atoms with van der Waals surface area (Å²) in [6, 6.07) is 8.14. The Bertz CT molecular complexity index is 670. The van der Waals surface area contributed by atoms with Crippen LogP contribution in [0.15, 0.2) is 41.4 Å². The highest BCUT2D eigenvalue weighted by atomic mass is 32.2. The molecule has 0 atom stereocenters. The minimum atomic E-state index is -4.45. The normalized spacial score (nSPS) is 11.5. The summed E-state index contributed by atoms with van der Waals surface area (Å²) in [5, 5.41) is 6.13. The van der Waals surface area contributed by atoms with E-state index in [9.17, 15) is 18.0 Å². The first-order chi connectivity index (χ1) is 10.9. The number of nitrogens with zero attached hydrogens (tertiary/aromatic N) is 2. The molecule has 0 radical (unpaired) electrons. The first-order valence-corrected chi connectivity index (χ1v) is 8.01. The number of halogens is 3. The number of rotatable bonds is 6. The minimum Gasteiger partial charge on any atom is -0.350 e. The molecule has 1 aromatic carbocycles. The molecule has 1 N–H and O–H groups in total. The van der Waals surface area contributed by atoms with E-state index in [1.54, 1.807) is 23.9 Å². The van der Waals surface area contributed by atoms with Crippen LogP contribution in [-0.2, 0) is 12.7 Å². The van der Waals surface area contributed by atoms with Gasteiger partial charge in [0.1, 0.15) is 0 Å². The highest BCUT2D eigenvalue weighted by Gasteiger charge is 2.33. The van der Waals surface area contributed by atoms with E-state index in [1.807, 2.05) is 19.1 Å². The van der Waals surface area contributed by atoms with Gasteiger partial charge in [-0.2, -0.15) is 18.3 Å². The van der Waals surface area contributed by atoms with Gasteiger partial charge in [-0.15, -0.1) is 11.8 Å². The summed E-state index contributed by atoms with van der Waals surface area (Å²) >= 11 is 1.56. The number of aromatic nitrogens is 2. The number of alkyl halides is 3. The number of amides is 1. The average Bonchev–Trinajstić information content (AvgIpc) is 2.97. The molecule has 0 fully saturated rings. The van der Waals surface area contributed by atoms with Gasteiger partial charge in [-0.1, -0.05) is 19.1 Å². The van der Waals surface area contributed by atoms with E-state index in [4.69, 9.17) is 0 Å². The van der Waals surface area contributed by atoms with Crippen molar-refractivity contribution >= 4 is 17.7 Å². The third-order valence-electron chi connectivity index (χ3n) is 2.99. The fraction of sp³-hybridized carbons (Fsp3) is 0.333. The fourth-order valence-electron chi connectivity index (χ4n) is 1.95. The monoisotopic (exact) mass is 343 g/mol. The van der Waals surface area contributed by atoms with E-state index in [2.05, 4.69) is 10.4 Å². The molecular weight excluding hydrogens is 327 g/mol. The summed E-state index contributed by atoms with van der Waals surface area (Å²) in [6.07, 6.45) is -3.21. The van der Waals surface area contributed by atoms with Crippen LogP contribution in [0.25, 0.3) is 0 Å². The second-order valence-corrected chi connectivity index (χ2v) is 5.95. The lowest BCUT2D eigenvalue weighted by molar-refractivity contribution is -0.141. The Hall–Kier alpha value is -1.96. The Morgan fingerprint density at radius 1 is 1.30 bits per heavy atom. The van der Waals surface area contributed by atoms with Crippen LogP contribution in [0, 0.1) is 0 Å². The van der Waals surface area contributed by atoms with Crippen molar-refractivity contribution in [3.8, 4) is 0 Å². The molecule has 2 aromatic rings. The molecule has 0 aliphatic carbocycles. The van der Waals surface area contributed by atoms with Crippen molar-refractivity contribution in [2.45, 2.75) is 24.5 Å². The van der Waals surface area contributed by atoms with E-state index in [1.165, 1.54) is 6.20 Å². The molecule has 0 saturated carbocycles. The number of carbonyl (C=O) groups is 1. The molecule has 0 bridgehead atoms. The number of hydrogen-bond donors (Lipinski definition) is 1. The van der Waals surface area contributed by atoms with Crippen molar-refractivity contribution < 1.29 is 18.0 Å². The molecule has 8 heteroatoms. The molecule has 1 amide bonds. The van der Waals surface area contributed by atoms with Crippen molar-refractivity contribution in [3.63, 3.8) is 0 Å². The molecule has 0 saturated heterocycles. The van der Waals surface area contributed by atoms with Gasteiger partial charge in [-0.25, -0.2) is 0 Å². The zero-order chi connectivity index (χ0) is 16.9. The molecule has 0 unspecified atom stereocenters. The van der Waals surface area contributed by atoms with Gasteiger partial charge in [0, 0.05) is 17.6 Å². The van der Waals surface area contributed by atoms with Gasteiger partial charge in [0.2, 0.25) is 0 Å². The Morgan fingerprint density at radius 2 is 2.04 bits per heavy atom. The van der Waals surface area contributed by atoms with Crippen molar-refractivity contribution in [2.24, 2.45) is 0 Å². The maximum Gasteiger partial charge on any atom is 0.435 e. The molecule has 23 heavy (non-hydrogen) atoms. The van der Waals surface area contributed by atoms with Gasteiger partial charge < -0.3 is 5.32 Å². The lowest BCUT2D eigenvalue weighted by Crippen LogP contribution is -2.28. The third-order valence-corrected chi connectivity index (χ3v) is 3.94. The van der Waals surface area contributed by atoms with Crippen LogP contribution in [0.5, 0.6) is 0 Å². The quantitative estimate of drug-likeness (QED) is 0.818. The van der Waals surface area contributed by atoms with E-state index in [0.29, 0.717) is 5.56 Å². The summed E-state index contributed by atoms with van der Waals surface area (Å²) in [5.41, 5.74) is -0.371. The first kappa shape index (κ1) is 17.4. The van der Waals surface area contributed by atoms with Gasteiger partial charge in [0.15, 0.2) is 5.69 Å². The molecule has 124 valence electrons. The van der Waals surface area contributed by atoms with Crippen molar-refractivity contribution in [1.29, 1.82) is 0 Å². The van der Waals surface area contributed by atoms with Crippen LogP contribution >= 0.6 is 11.8 Å². The van der Waals surface area contributed by atoms with E-state index in [-0.39, 0.29) is 19.0 Å². The van der Waals surface area contributed by atoms with Gasteiger partial charge in [0.25, 0.3) is 5.91 Å². The van der Waals surface area contributed by atoms with Crippen LogP contribution in [0.4, 0.5) is 13.2 Å². The van der Waals surface area contributed by atoms with Crippen LogP contribution in [0.1, 0.15) is 23.0 Å². The topological polar surface area (TPSA) is 46.9 Å². The maximum absolute atomic E-state index is 12.4. The lowest BCUT2D eigenvalue weighted by Gasteiger charge is -2.09. The summed E-state index contributed by atoms with van der Waals surface area (Å²) in [6.45, 7) is 2.36. The summed E-state index contributed by atoms with van der Waals surface area (Å²) in [4.78, 5) is 13.0. The van der Waals surface area contributed by atoms with Crippen molar-refractivity contribution in [2.75, 3.05) is 12.3 Å². The van der Waals surface area contributed by atoms with Crippen molar-refractivity contribution in [1.82, 2.24) is 15.1 Å². The molecule has 0 spiro atoms. The summed E-state index contributed by atoms with van der Waals surface area (Å²) in [5.74, 6) is 0.599. The first-order valence-electron chi connectivity index (χ1n) is 7.02. The summed E-state index contributed by atoms with van der Waals surface area (Å²) in [7, 11) is 0. The molecule has 2 rings (SSSR count). The predicted octanol–water partition coefficient (Wildman–Crippen LogP) is 3.44. The Kier molecular flexibility index (Phi) is 5.70. The van der Waals surface area contributed by atoms with Crippen LogP contribution in [-0.4, -0.2) is 28.0 Å². The highest BCUT2D eigenvalue weighted by molar-refractivity contribution is 7.99. The number of thioether (sulfide) groups is 1. The zero-order valence-corrected chi connectivity index (χ0v) is 13.2. The average molecular weight is 343 g/mol. The zero-order valence-electron chi connectivity index (χ0n) is 12.4. The third kappa shape index (κ3) is 4.75. The predicted molar refractivity (Wildman–Crippen MR) is 82.4 cm³/mol. The largest absolute Gasteiger partial charge is 0.435 e. The Morgan fingerprint density at radius 3 is 2.70 bits per heavy atom. The van der Waals surface area contributed by atoms with Gasteiger partial charge in [-0.05, 0) is 24.0 Å². The standard InChI is InChI=1S/C15H16F3N3OS/c1-2-23-12-6-4-3-5-11(12)14(22)19-8-10-21-9-7-13(20-21)15(16,17)18/h3-7,9H,2,8,10H2,1H3,(H,19,22). The van der Waals surface area contributed by atoms with E-state index >= 15 is 0 Å².